The molecule has 1 N–H and O–H groups in total. The number of anilines is 1. The first-order valence-electron chi connectivity index (χ1n) is 9.76. The fourth-order valence-electron chi connectivity index (χ4n) is 3.42. The number of nitrogens with zero attached hydrogens (tertiary/aromatic N) is 3. The highest BCUT2D eigenvalue weighted by atomic mass is 19.4. The number of hydrogen-bond donors (Lipinski definition) is 1. The maximum absolute atomic E-state index is 13.2. The van der Waals surface area contributed by atoms with Crippen molar-refractivity contribution in [2.24, 2.45) is 0 Å². The molecule has 6 nitrogen and oxygen atoms in total. The third-order valence-corrected chi connectivity index (χ3v) is 5.10. The number of para-hydroxylation sites is 1. The Morgan fingerprint density at radius 3 is 2.32 bits per heavy atom. The molecule has 162 valence electrons. The Morgan fingerprint density at radius 2 is 1.65 bits per heavy atom. The number of hydrogen-bond acceptors (Lipinski definition) is 4. The smallest absolute Gasteiger partial charge is 0.336 e. The van der Waals surface area contributed by atoms with Crippen LogP contribution in [-0.2, 0) is 11.0 Å². The van der Waals surface area contributed by atoms with Crippen LogP contribution in [0.1, 0.15) is 27.9 Å². The molecule has 1 heterocycles. The van der Waals surface area contributed by atoms with Crippen molar-refractivity contribution in [3.63, 3.8) is 0 Å². The van der Waals surface area contributed by atoms with E-state index in [-0.39, 0.29) is 31.0 Å². The van der Waals surface area contributed by atoms with Gasteiger partial charge in [0.2, 0.25) is 5.91 Å². The molecule has 31 heavy (non-hydrogen) atoms. The van der Waals surface area contributed by atoms with Crippen molar-refractivity contribution in [1.82, 2.24) is 9.80 Å². The molecule has 0 radical (unpaired) electrons. The van der Waals surface area contributed by atoms with Gasteiger partial charge in [0, 0.05) is 39.1 Å². The lowest BCUT2D eigenvalue weighted by molar-refractivity contribution is -0.138. The van der Waals surface area contributed by atoms with Gasteiger partial charge in [0.15, 0.2) is 0 Å². The fourth-order valence-corrected chi connectivity index (χ4v) is 3.42. The fraction of sp³-hybridized carbons (Fsp3) is 0.318. The van der Waals surface area contributed by atoms with Crippen molar-refractivity contribution in [2.45, 2.75) is 12.6 Å². The minimum Gasteiger partial charge on any atom is -0.336 e. The van der Waals surface area contributed by atoms with E-state index in [0.29, 0.717) is 30.9 Å². The normalized spacial score (nSPS) is 14.7. The van der Waals surface area contributed by atoms with E-state index >= 15 is 0 Å². The lowest BCUT2D eigenvalue weighted by atomic mass is 10.1. The molecule has 2 aromatic rings. The van der Waals surface area contributed by atoms with Crippen LogP contribution >= 0.6 is 0 Å². The van der Waals surface area contributed by atoms with Crippen LogP contribution in [0, 0.1) is 11.3 Å². The van der Waals surface area contributed by atoms with Gasteiger partial charge in [-0.15, -0.1) is 0 Å². The molecule has 2 amide bonds. The molecule has 0 bridgehead atoms. The molecule has 0 atom stereocenters. The molecule has 3 rings (SSSR count). The zero-order valence-corrected chi connectivity index (χ0v) is 16.7. The summed E-state index contributed by atoms with van der Waals surface area (Å²) in [5.74, 6) is -0.876. The summed E-state index contributed by atoms with van der Waals surface area (Å²) in [6.45, 7) is 1.93. The number of rotatable bonds is 5. The Hall–Kier alpha value is -3.38. The maximum Gasteiger partial charge on any atom is 0.417 e. The van der Waals surface area contributed by atoms with Crippen LogP contribution in [0.3, 0.4) is 0 Å². The molecule has 2 aromatic carbocycles. The number of piperazine rings is 1. The van der Waals surface area contributed by atoms with Gasteiger partial charge in [-0.1, -0.05) is 24.3 Å². The van der Waals surface area contributed by atoms with Gasteiger partial charge in [-0.05, 0) is 24.3 Å². The van der Waals surface area contributed by atoms with Crippen molar-refractivity contribution < 1.29 is 22.8 Å². The highest BCUT2D eigenvalue weighted by Crippen LogP contribution is 2.32. The average Bonchev–Trinajstić information content (AvgIpc) is 2.77. The van der Waals surface area contributed by atoms with Gasteiger partial charge in [-0.2, -0.15) is 18.4 Å². The lowest BCUT2D eigenvalue weighted by Crippen LogP contribution is -2.49. The second-order valence-electron chi connectivity index (χ2n) is 7.13. The number of carbonyl (C=O) groups excluding carboxylic acids is 2. The third kappa shape index (κ3) is 5.61. The van der Waals surface area contributed by atoms with Gasteiger partial charge in [0.05, 0.1) is 22.4 Å². The highest BCUT2D eigenvalue weighted by Gasteiger charge is 2.36. The zero-order chi connectivity index (χ0) is 22.4. The summed E-state index contributed by atoms with van der Waals surface area (Å²) in [5, 5.41) is 11.8. The van der Waals surface area contributed by atoms with Crippen molar-refractivity contribution in [1.29, 1.82) is 5.26 Å². The lowest BCUT2D eigenvalue weighted by Gasteiger charge is -2.35. The Kier molecular flexibility index (Phi) is 6.92. The third-order valence-electron chi connectivity index (χ3n) is 5.10. The Labute approximate surface area is 177 Å². The Balaban J connectivity index is 1.51. The minimum absolute atomic E-state index is 0.199. The standard InChI is InChI=1S/C22H21F3N4O2/c23-22(24,25)18-7-3-2-6-17(18)21(31)29-13-11-28(12-14-29)10-9-20(30)27-19-8-4-1-5-16(19)15-26/h1-8H,9-14H2,(H,27,30). The van der Waals surface area contributed by atoms with Crippen LogP contribution in [0.4, 0.5) is 18.9 Å². The van der Waals surface area contributed by atoms with Crippen LogP contribution in [0.2, 0.25) is 0 Å². The second kappa shape index (κ2) is 9.62. The molecule has 0 unspecified atom stereocenters. The first kappa shape index (κ1) is 22.3. The second-order valence-corrected chi connectivity index (χ2v) is 7.13. The number of benzene rings is 2. The first-order valence-corrected chi connectivity index (χ1v) is 9.76. The number of alkyl halides is 3. The van der Waals surface area contributed by atoms with Crippen molar-refractivity contribution in [2.75, 3.05) is 38.0 Å². The molecular weight excluding hydrogens is 409 g/mol. The molecule has 0 saturated carbocycles. The van der Waals surface area contributed by atoms with Crippen LogP contribution in [0.25, 0.3) is 0 Å². The van der Waals surface area contributed by atoms with Gasteiger partial charge in [-0.3, -0.25) is 14.5 Å². The largest absolute Gasteiger partial charge is 0.417 e. The van der Waals surface area contributed by atoms with E-state index in [1.165, 1.54) is 23.1 Å². The summed E-state index contributed by atoms with van der Waals surface area (Å²) < 4.78 is 39.5. The van der Waals surface area contributed by atoms with Crippen LogP contribution in [0.15, 0.2) is 48.5 Å². The van der Waals surface area contributed by atoms with Gasteiger partial charge in [-0.25, -0.2) is 0 Å². The van der Waals surface area contributed by atoms with Crippen molar-refractivity contribution in [3.8, 4) is 6.07 Å². The molecule has 0 spiro atoms. The summed E-state index contributed by atoms with van der Waals surface area (Å²) in [6.07, 6.45) is -4.39. The van der Waals surface area contributed by atoms with Crippen molar-refractivity contribution in [3.05, 3.63) is 65.2 Å². The number of halogens is 3. The topological polar surface area (TPSA) is 76.4 Å². The van der Waals surface area contributed by atoms with E-state index in [2.05, 4.69) is 5.32 Å². The SMILES string of the molecule is N#Cc1ccccc1NC(=O)CCN1CCN(C(=O)c2ccccc2C(F)(F)F)CC1. The van der Waals surface area contributed by atoms with E-state index in [9.17, 15) is 22.8 Å². The molecule has 1 aliphatic heterocycles. The molecule has 1 aliphatic rings. The number of carbonyl (C=O) groups is 2. The minimum atomic E-state index is -4.59. The highest BCUT2D eigenvalue weighted by molar-refractivity contribution is 5.96. The van der Waals surface area contributed by atoms with E-state index in [4.69, 9.17) is 5.26 Å². The number of nitrogens with one attached hydrogen (secondary N) is 1. The summed E-state index contributed by atoms with van der Waals surface area (Å²) in [6, 6.07) is 13.5. The van der Waals surface area contributed by atoms with E-state index in [1.54, 1.807) is 24.3 Å². The monoisotopic (exact) mass is 430 g/mol. The zero-order valence-electron chi connectivity index (χ0n) is 16.7. The van der Waals surface area contributed by atoms with E-state index < -0.39 is 17.6 Å². The first-order chi connectivity index (χ1) is 14.8. The van der Waals surface area contributed by atoms with Crippen LogP contribution < -0.4 is 5.32 Å². The molecule has 1 fully saturated rings. The van der Waals surface area contributed by atoms with E-state index in [1.807, 2.05) is 11.0 Å². The van der Waals surface area contributed by atoms with E-state index in [0.717, 1.165) is 6.07 Å². The van der Waals surface area contributed by atoms with Gasteiger partial charge >= 0.3 is 6.18 Å². The molecular formula is C22H21F3N4O2. The van der Waals surface area contributed by atoms with Crippen molar-refractivity contribution >= 4 is 17.5 Å². The molecule has 0 aromatic heterocycles. The van der Waals surface area contributed by atoms with Gasteiger partial charge < -0.3 is 10.2 Å². The number of amides is 2. The predicted molar refractivity (Wildman–Crippen MR) is 108 cm³/mol. The van der Waals surface area contributed by atoms with Gasteiger partial charge in [0.25, 0.3) is 5.91 Å². The average molecular weight is 430 g/mol. The summed E-state index contributed by atoms with van der Waals surface area (Å²) in [5.41, 5.74) is -0.452. The van der Waals surface area contributed by atoms with Gasteiger partial charge in [0.1, 0.15) is 6.07 Å². The predicted octanol–water partition coefficient (Wildman–Crippen LogP) is 3.36. The quantitative estimate of drug-likeness (QED) is 0.789. The molecule has 1 saturated heterocycles. The van der Waals surface area contributed by atoms with Crippen LogP contribution in [0.5, 0.6) is 0 Å². The maximum atomic E-state index is 13.2. The molecule has 0 aliphatic carbocycles. The number of nitriles is 1. The Morgan fingerprint density at radius 1 is 1.00 bits per heavy atom. The Bertz CT molecular complexity index is 993. The molecule has 9 heteroatoms. The summed E-state index contributed by atoms with van der Waals surface area (Å²) in [4.78, 5) is 28.2. The van der Waals surface area contributed by atoms with Crippen LogP contribution in [-0.4, -0.2) is 54.3 Å². The summed E-state index contributed by atoms with van der Waals surface area (Å²) >= 11 is 0. The summed E-state index contributed by atoms with van der Waals surface area (Å²) in [7, 11) is 0.